The van der Waals surface area contributed by atoms with Crippen LogP contribution >= 0.6 is 0 Å². The summed E-state index contributed by atoms with van der Waals surface area (Å²) in [6, 6.07) is 7.43. The summed E-state index contributed by atoms with van der Waals surface area (Å²) in [4.78, 5) is 5.31. The standard InChI is InChI=1S/C23H37N3O3S/c1-3-4-20-5-7-22(8-6-20)30(27,28)26-13-11-23(12-14-26)10-9-21(29-23)19-25-17-15-24(2)16-18-25/h5-8,21H,3-4,9-19H2,1-2H3. The van der Waals surface area contributed by atoms with Crippen LogP contribution in [0.2, 0.25) is 0 Å². The van der Waals surface area contributed by atoms with Gasteiger partial charge in [0.05, 0.1) is 16.6 Å². The number of piperazine rings is 1. The average molecular weight is 436 g/mol. The molecule has 0 radical (unpaired) electrons. The van der Waals surface area contributed by atoms with E-state index in [1.54, 1.807) is 16.4 Å². The Hall–Kier alpha value is -0.990. The highest BCUT2D eigenvalue weighted by Gasteiger charge is 2.44. The molecule has 4 rings (SSSR count). The molecule has 0 aromatic heterocycles. The van der Waals surface area contributed by atoms with E-state index in [1.165, 1.54) is 5.56 Å². The van der Waals surface area contributed by atoms with Gasteiger partial charge < -0.3 is 9.64 Å². The fourth-order valence-electron chi connectivity index (χ4n) is 5.11. The molecule has 3 aliphatic heterocycles. The summed E-state index contributed by atoms with van der Waals surface area (Å²) in [6.07, 6.45) is 6.11. The highest BCUT2D eigenvalue weighted by molar-refractivity contribution is 7.89. The van der Waals surface area contributed by atoms with Gasteiger partial charge in [-0.2, -0.15) is 4.31 Å². The predicted molar refractivity (Wildman–Crippen MR) is 119 cm³/mol. The minimum absolute atomic E-state index is 0.117. The Morgan fingerprint density at radius 2 is 1.67 bits per heavy atom. The highest BCUT2D eigenvalue weighted by atomic mass is 32.2. The van der Waals surface area contributed by atoms with Gasteiger partial charge in [0, 0.05) is 45.8 Å². The molecule has 0 aliphatic carbocycles. The Morgan fingerprint density at radius 3 is 2.30 bits per heavy atom. The second-order valence-electron chi connectivity index (χ2n) is 9.36. The van der Waals surface area contributed by atoms with E-state index in [0.29, 0.717) is 24.1 Å². The lowest BCUT2D eigenvalue weighted by atomic mass is 9.89. The molecule has 168 valence electrons. The third-order valence-electron chi connectivity index (χ3n) is 7.13. The number of hydrogen-bond acceptors (Lipinski definition) is 5. The van der Waals surface area contributed by atoms with Gasteiger partial charge in [0.25, 0.3) is 0 Å². The Labute approximate surface area is 182 Å². The van der Waals surface area contributed by atoms with E-state index in [-0.39, 0.29) is 5.60 Å². The van der Waals surface area contributed by atoms with E-state index < -0.39 is 10.0 Å². The predicted octanol–water partition coefficient (Wildman–Crippen LogP) is 2.59. The second-order valence-corrected chi connectivity index (χ2v) is 11.3. The molecule has 3 heterocycles. The van der Waals surface area contributed by atoms with Crippen molar-refractivity contribution in [3.05, 3.63) is 29.8 Å². The number of nitrogens with zero attached hydrogens (tertiary/aromatic N) is 3. The van der Waals surface area contributed by atoms with Gasteiger partial charge >= 0.3 is 0 Å². The minimum Gasteiger partial charge on any atom is -0.370 e. The van der Waals surface area contributed by atoms with Crippen LogP contribution in [-0.2, 0) is 21.2 Å². The van der Waals surface area contributed by atoms with Crippen molar-refractivity contribution in [2.24, 2.45) is 0 Å². The Kier molecular flexibility index (Phi) is 6.85. The number of sulfonamides is 1. The maximum atomic E-state index is 13.1. The molecule has 0 N–H and O–H groups in total. The first-order valence-electron chi connectivity index (χ1n) is 11.6. The number of benzene rings is 1. The first-order chi connectivity index (χ1) is 14.4. The number of piperidine rings is 1. The SMILES string of the molecule is CCCc1ccc(S(=O)(=O)N2CCC3(CCC(CN4CCN(C)CC4)O3)CC2)cc1. The second kappa shape index (κ2) is 9.25. The third-order valence-corrected chi connectivity index (χ3v) is 9.04. The molecule has 1 atom stereocenters. The molecular formula is C23H37N3O3S. The van der Waals surface area contributed by atoms with Crippen molar-refractivity contribution in [1.29, 1.82) is 0 Å². The number of aryl methyl sites for hydroxylation is 1. The van der Waals surface area contributed by atoms with Crippen molar-refractivity contribution in [3.63, 3.8) is 0 Å². The summed E-state index contributed by atoms with van der Waals surface area (Å²) in [5, 5.41) is 0. The lowest BCUT2D eigenvalue weighted by Crippen LogP contribution is -2.49. The van der Waals surface area contributed by atoms with E-state index in [0.717, 1.165) is 71.2 Å². The molecule has 1 aromatic rings. The van der Waals surface area contributed by atoms with Gasteiger partial charge in [0.2, 0.25) is 10.0 Å². The summed E-state index contributed by atoms with van der Waals surface area (Å²) in [7, 11) is -1.24. The maximum absolute atomic E-state index is 13.1. The maximum Gasteiger partial charge on any atom is 0.243 e. The molecule has 0 saturated carbocycles. The fourth-order valence-corrected chi connectivity index (χ4v) is 6.55. The normalized spacial score (nSPS) is 26.4. The molecule has 30 heavy (non-hydrogen) atoms. The first-order valence-corrected chi connectivity index (χ1v) is 13.0. The van der Waals surface area contributed by atoms with Crippen LogP contribution in [0.15, 0.2) is 29.2 Å². The number of likely N-dealkylation sites (N-methyl/N-ethyl adjacent to an activating group) is 1. The van der Waals surface area contributed by atoms with Crippen molar-refractivity contribution >= 4 is 10.0 Å². The molecule has 6 nitrogen and oxygen atoms in total. The van der Waals surface area contributed by atoms with Gasteiger partial charge in [-0.1, -0.05) is 25.5 Å². The molecule has 3 aliphatic rings. The Bertz CT molecular complexity index is 795. The molecule has 0 amide bonds. The molecule has 0 bridgehead atoms. The van der Waals surface area contributed by atoms with Crippen LogP contribution < -0.4 is 0 Å². The molecule has 3 saturated heterocycles. The fraction of sp³-hybridized carbons (Fsp3) is 0.739. The van der Waals surface area contributed by atoms with Gasteiger partial charge in [-0.05, 0) is 56.8 Å². The number of rotatable bonds is 6. The van der Waals surface area contributed by atoms with Crippen LogP contribution in [0.5, 0.6) is 0 Å². The van der Waals surface area contributed by atoms with E-state index >= 15 is 0 Å². The van der Waals surface area contributed by atoms with E-state index in [1.807, 2.05) is 12.1 Å². The molecule has 1 unspecified atom stereocenters. The highest BCUT2D eigenvalue weighted by Crippen LogP contribution is 2.40. The van der Waals surface area contributed by atoms with Crippen molar-refractivity contribution in [2.45, 2.75) is 62.0 Å². The molecule has 1 spiro atoms. The topological polar surface area (TPSA) is 53.1 Å². The molecule has 3 fully saturated rings. The first kappa shape index (κ1) is 22.2. The van der Waals surface area contributed by atoms with Crippen LogP contribution in [0.1, 0.15) is 44.6 Å². The van der Waals surface area contributed by atoms with Crippen molar-refractivity contribution in [2.75, 3.05) is 52.9 Å². The van der Waals surface area contributed by atoms with Crippen LogP contribution in [0, 0.1) is 0 Å². The zero-order valence-electron chi connectivity index (χ0n) is 18.6. The van der Waals surface area contributed by atoms with Crippen LogP contribution in [0.4, 0.5) is 0 Å². The smallest absolute Gasteiger partial charge is 0.243 e. The lowest BCUT2D eigenvalue weighted by molar-refractivity contribution is -0.0777. The number of hydrogen-bond donors (Lipinski definition) is 0. The van der Waals surface area contributed by atoms with Gasteiger partial charge in [0.15, 0.2) is 0 Å². The monoisotopic (exact) mass is 435 g/mol. The molecule has 1 aromatic carbocycles. The Morgan fingerprint density at radius 1 is 1.00 bits per heavy atom. The van der Waals surface area contributed by atoms with E-state index in [4.69, 9.17) is 4.74 Å². The van der Waals surface area contributed by atoms with Gasteiger partial charge in [-0.3, -0.25) is 4.90 Å². The average Bonchev–Trinajstić information content (AvgIpc) is 3.12. The summed E-state index contributed by atoms with van der Waals surface area (Å²) in [6.45, 7) is 8.75. The van der Waals surface area contributed by atoms with E-state index in [2.05, 4.69) is 23.8 Å². The van der Waals surface area contributed by atoms with Crippen molar-refractivity contribution in [3.8, 4) is 0 Å². The summed E-state index contributed by atoms with van der Waals surface area (Å²) in [5.41, 5.74) is 1.08. The van der Waals surface area contributed by atoms with Crippen LogP contribution in [0.3, 0.4) is 0 Å². The zero-order chi connectivity index (χ0) is 21.2. The minimum atomic E-state index is -3.42. The quantitative estimate of drug-likeness (QED) is 0.688. The summed E-state index contributed by atoms with van der Waals surface area (Å²) >= 11 is 0. The molecular weight excluding hydrogens is 398 g/mol. The van der Waals surface area contributed by atoms with Crippen LogP contribution in [0.25, 0.3) is 0 Å². The third kappa shape index (κ3) is 4.91. The van der Waals surface area contributed by atoms with E-state index in [9.17, 15) is 8.42 Å². The van der Waals surface area contributed by atoms with Crippen molar-refractivity contribution in [1.82, 2.24) is 14.1 Å². The van der Waals surface area contributed by atoms with Gasteiger partial charge in [0.1, 0.15) is 0 Å². The summed E-state index contributed by atoms with van der Waals surface area (Å²) in [5.74, 6) is 0. The molecule has 7 heteroatoms. The number of ether oxygens (including phenoxy) is 1. The lowest BCUT2D eigenvalue weighted by Gasteiger charge is -2.39. The largest absolute Gasteiger partial charge is 0.370 e. The van der Waals surface area contributed by atoms with Gasteiger partial charge in [-0.25, -0.2) is 8.42 Å². The zero-order valence-corrected chi connectivity index (χ0v) is 19.4. The Balaban J connectivity index is 1.31. The van der Waals surface area contributed by atoms with Crippen molar-refractivity contribution < 1.29 is 13.2 Å². The van der Waals surface area contributed by atoms with Gasteiger partial charge in [-0.15, -0.1) is 0 Å². The summed E-state index contributed by atoms with van der Waals surface area (Å²) < 4.78 is 34.4. The van der Waals surface area contributed by atoms with Crippen LogP contribution in [-0.4, -0.2) is 87.1 Å².